The summed E-state index contributed by atoms with van der Waals surface area (Å²) in [6.45, 7) is 2.63. The molecule has 9 heteroatoms. The second-order valence-electron chi connectivity index (χ2n) is 6.46. The van der Waals surface area contributed by atoms with Crippen LogP contribution < -0.4 is 0 Å². The molecular formula is C18H24N6O3. The lowest BCUT2D eigenvalue weighted by Crippen LogP contribution is -2.50. The molecule has 1 saturated heterocycles. The minimum Gasteiger partial charge on any atom is -0.377 e. The van der Waals surface area contributed by atoms with Gasteiger partial charge in [-0.05, 0) is 12.5 Å². The first-order chi connectivity index (χ1) is 13.1. The van der Waals surface area contributed by atoms with Crippen LogP contribution in [-0.2, 0) is 16.1 Å². The summed E-state index contributed by atoms with van der Waals surface area (Å²) in [4.78, 5) is 36.7. The molecule has 0 radical (unpaired) electrons. The number of carbonyl (C=O) groups is 2. The van der Waals surface area contributed by atoms with E-state index in [0.29, 0.717) is 26.3 Å². The van der Waals surface area contributed by atoms with Crippen LogP contribution in [0.2, 0.25) is 0 Å². The third-order valence-electron chi connectivity index (χ3n) is 4.55. The zero-order valence-electron chi connectivity index (χ0n) is 15.4. The highest BCUT2D eigenvalue weighted by molar-refractivity contribution is 5.92. The lowest BCUT2D eigenvalue weighted by molar-refractivity contribution is -0.132. The Kier molecular flexibility index (Phi) is 6.48. The Morgan fingerprint density at radius 2 is 2.22 bits per heavy atom. The minimum absolute atomic E-state index is 0.0112. The molecule has 3 heterocycles. The van der Waals surface area contributed by atoms with E-state index in [4.69, 9.17) is 4.74 Å². The fourth-order valence-corrected chi connectivity index (χ4v) is 3.03. The van der Waals surface area contributed by atoms with Crippen LogP contribution in [0.3, 0.4) is 0 Å². The highest BCUT2D eigenvalue weighted by atomic mass is 16.5. The summed E-state index contributed by atoms with van der Waals surface area (Å²) in [5.41, 5.74) is 0.282. The summed E-state index contributed by atoms with van der Waals surface area (Å²) >= 11 is 0. The van der Waals surface area contributed by atoms with E-state index in [1.165, 1.54) is 18.6 Å². The van der Waals surface area contributed by atoms with Gasteiger partial charge < -0.3 is 14.5 Å². The van der Waals surface area contributed by atoms with Crippen LogP contribution in [0, 0.1) is 0 Å². The molecule has 144 valence electrons. The van der Waals surface area contributed by atoms with Crippen molar-refractivity contribution in [2.75, 3.05) is 33.4 Å². The zero-order valence-corrected chi connectivity index (χ0v) is 15.4. The first-order valence-electron chi connectivity index (χ1n) is 9.01. The average Bonchev–Trinajstić information content (AvgIpc) is 3.22. The van der Waals surface area contributed by atoms with E-state index in [2.05, 4.69) is 15.1 Å². The molecule has 0 N–H and O–H groups in total. The number of morpholine rings is 1. The fourth-order valence-electron chi connectivity index (χ4n) is 3.03. The van der Waals surface area contributed by atoms with Crippen LogP contribution in [0.25, 0.3) is 0 Å². The van der Waals surface area contributed by atoms with Crippen LogP contribution in [0.5, 0.6) is 0 Å². The predicted molar refractivity (Wildman–Crippen MR) is 96.8 cm³/mol. The van der Waals surface area contributed by atoms with Gasteiger partial charge in [-0.1, -0.05) is 0 Å². The zero-order chi connectivity index (χ0) is 19.1. The Morgan fingerprint density at radius 3 is 2.96 bits per heavy atom. The normalized spacial score (nSPS) is 16.9. The van der Waals surface area contributed by atoms with Crippen LogP contribution in [-0.4, -0.2) is 80.8 Å². The summed E-state index contributed by atoms with van der Waals surface area (Å²) in [7, 11) is 1.78. The lowest BCUT2D eigenvalue weighted by atomic mass is 10.1. The number of hydrogen-bond donors (Lipinski definition) is 0. The van der Waals surface area contributed by atoms with Crippen molar-refractivity contribution in [3.8, 4) is 0 Å². The highest BCUT2D eigenvalue weighted by Gasteiger charge is 2.31. The van der Waals surface area contributed by atoms with Crippen LogP contribution in [0.1, 0.15) is 23.3 Å². The summed E-state index contributed by atoms with van der Waals surface area (Å²) < 4.78 is 7.34. The maximum absolute atomic E-state index is 12.7. The highest BCUT2D eigenvalue weighted by Crippen LogP contribution is 2.15. The molecule has 0 aromatic carbocycles. The number of aryl methyl sites for hydroxylation is 1. The number of ether oxygens (including phenoxy) is 1. The van der Waals surface area contributed by atoms with Gasteiger partial charge in [-0.15, -0.1) is 0 Å². The fraction of sp³-hybridized carbons (Fsp3) is 0.500. The van der Waals surface area contributed by atoms with Crippen molar-refractivity contribution in [1.82, 2.24) is 29.5 Å². The lowest BCUT2D eigenvalue weighted by Gasteiger charge is -2.35. The van der Waals surface area contributed by atoms with E-state index in [-0.39, 0.29) is 30.0 Å². The van der Waals surface area contributed by atoms with Gasteiger partial charge in [-0.25, -0.2) is 4.98 Å². The van der Waals surface area contributed by atoms with E-state index < -0.39 is 0 Å². The first kappa shape index (κ1) is 19.0. The van der Waals surface area contributed by atoms with E-state index in [9.17, 15) is 9.59 Å². The molecule has 1 fully saturated rings. The van der Waals surface area contributed by atoms with Crippen LogP contribution >= 0.6 is 0 Å². The van der Waals surface area contributed by atoms with Gasteiger partial charge in [0.1, 0.15) is 5.69 Å². The molecule has 3 rings (SSSR count). The molecule has 2 aromatic heterocycles. The van der Waals surface area contributed by atoms with Crippen molar-refractivity contribution < 1.29 is 14.3 Å². The molecule has 27 heavy (non-hydrogen) atoms. The van der Waals surface area contributed by atoms with E-state index in [1.54, 1.807) is 23.0 Å². The molecule has 1 aliphatic heterocycles. The monoisotopic (exact) mass is 372 g/mol. The van der Waals surface area contributed by atoms with Gasteiger partial charge in [0.15, 0.2) is 0 Å². The molecule has 0 bridgehead atoms. The van der Waals surface area contributed by atoms with Crippen molar-refractivity contribution in [3.05, 3.63) is 42.7 Å². The Bertz CT molecular complexity index is 737. The average molecular weight is 372 g/mol. The number of hydrogen-bond acceptors (Lipinski definition) is 6. The van der Waals surface area contributed by atoms with E-state index in [0.717, 1.165) is 13.0 Å². The van der Waals surface area contributed by atoms with E-state index in [1.807, 2.05) is 16.9 Å². The second kappa shape index (κ2) is 9.22. The molecule has 2 aromatic rings. The number of nitrogens with zero attached hydrogens (tertiary/aromatic N) is 6. The third-order valence-corrected chi connectivity index (χ3v) is 4.55. The summed E-state index contributed by atoms with van der Waals surface area (Å²) in [5.74, 6) is -0.228. The van der Waals surface area contributed by atoms with Gasteiger partial charge in [-0.2, -0.15) is 5.10 Å². The minimum atomic E-state index is -0.297. The Hall–Kier alpha value is -2.81. The first-order valence-corrected chi connectivity index (χ1v) is 9.01. The maximum atomic E-state index is 12.7. The van der Waals surface area contributed by atoms with Gasteiger partial charge in [0.2, 0.25) is 5.91 Å². The van der Waals surface area contributed by atoms with Crippen LogP contribution in [0.4, 0.5) is 0 Å². The van der Waals surface area contributed by atoms with Crippen molar-refractivity contribution >= 4 is 11.8 Å². The number of rotatable bonds is 7. The third kappa shape index (κ3) is 5.10. The van der Waals surface area contributed by atoms with Crippen molar-refractivity contribution in [1.29, 1.82) is 0 Å². The number of carbonyl (C=O) groups excluding carboxylic acids is 2. The molecule has 2 amide bonds. The Morgan fingerprint density at radius 1 is 1.33 bits per heavy atom. The van der Waals surface area contributed by atoms with Gasteiger partial charge in [0.25, 0.3) is 5.91 Å². The molecule has 1 atom stereocenters. The summed E-state index contributed by atoms with van der Waals surface area (Å²) in [6, 6.07) is 1.58. The summed E-state index contributed by atoms with van der Waals surface area (Å²) in [6.07, 6.45) is 9.13. The van der Waals surface area contributed by atoms with Crippen LogP contribution in [0.15, 0.2) is 37.1 Å². The van der Waals surface area contributed by atoms with Gasteiger partial charge >= 0.3 is 0 Å². The van der Waals surface area contributed by atoms with Crippen molar-refractivity contribution in [2.45, 2.75) is 25.4 Å². The quantitative estimate of drug-likeness (QED) is 0.701. The molecule has 0 saturated carbocycles. The summed E-state index contributed by atoms with van der Waals surface area (Å²) in [5, 5.41) is 4.15. The topological polar surface area (TPSA) is 93.5 Å². The predicted octanol–water partition coefficient (Wildman–Crippen LogP) is 0.453. The van der Waals surface area contributed by atoms with Crippen molar-refractivity contribution in [3.63, 3.8) is 0 Å². The molecule has 1 aliphatic rings. The van der Waals surface area contributed by atoms with E-state index >= 15 is 0 Å². The Labute approximate surface area is 157 Å². The smallest absolute Gasteiger partial charge is 0.274 e. The number of aromatic nitrogens is 4. The second-order valence-corrected chi connectivity index (χ2v) is 6.46. The maximum Gasteiger partial charge on any atom is 0.274 e. The number of amides is 2. The molecule has 0 aliphatic carbocycles. The largest absolute Gasteiger partial charge is 0.377 e. The Balaban J connectivity index is 1.53. The standard InChI is InChI=1S/C18H24N6O3/c1-22(7-3-9-23-8-2-4-21-23)17(25)12-15-14-27-11-10-24(15)18(26)16-13-19-5-6-20-16/h2,4-6,8,13,15H,3,7,9-12,14H2,1H3. The molecular weight excluding hydrogens is 348 g/mol. The molecule has 0 spiro atoms. The van der Waals surface area contributed by atoms with Gasteiger partial charge in [-0.3, -0.25) is 19.3 Å². The van der Waals surface area contributed by atoms with Gasteiger partial charge in [0.05, 0.1) is 25.5 Å². The van der Waals surface area contributed by atoms with Crippen molar-refractivity contribution in [2.24, 2.45) is 0 Å². The molecule has 9 nitrogen and oxygen atoms in total. The van der Waals surface area contributed by atoms with Gasteiger partial charge in [0, 0.05) is 57.9 Å². The SMILES string of the molecule is CN(CCCn1cccn1)C(=O)CC1COCCN1C(=O)c1cnccn1. The molecule has 1 unspecified atom stereocenters.